The predicted molar refractivity (Wildman–Crippen MR) is 111 cm³/mol. The molecular weight excluding hydrogens is 384 g/mol. The number of amides is 2. The summed E-state index contributed by atoms with van der Waals surface area (Å²) in [6, 6.07) is 7.35. The van der Waals surface area contributed by atoms with E-state index in [2.05, 4.69) is 20.7 Å². The summed E-state index contributed by atoms with van der Waals surface area (Å²) in [4.78, 5) is 33.2. The number of nitrogens with one attached hydrogen (secondary N) is 3. The lowest BCUT2D eigenvalue weighted by atomic mass is 10.1. The van der Waals surface area contributed by atoms with E-state index in [1.54, 1.807) is 18.3 Å². The third-order valence-corrected chi connectivity index (χ3v) is 5.12. The highest BCUT2D eigenvalue weighted by atomic mass is 16.5. The summed E-state index contributed by atoms with van der Waals surface area (Å²) < 4.78 is 7.47. The van der Waals surface area contributed by atoms with Crippen molar-refractivity contribution in [3.8, 4) is 11.4 Å². The van der Waals surface area contributed by atoms with Gasteiger partial charge in [-0.2, -0.15) is 5.10 Å². The molecule has 0 unspecified atom stereocenters. The molecule has 5 heterocycles. The van der Waals surface area contributed by atoms with Crippen LogP contribution in [0.25, 0.3) is 23.0 Å². The van der Waals surface area contributed by atoms with Crippen LogP contribution in [0.15, 0.2) is 30.5 Å². The van der Waals surface area contributed by atoms with Crippen molar-refractivity contribution in [1.82, 2.24) is 25.1 Å². The van der Waals surface area contributed by atoms with Crippen LogP contribution in [0.2, 0.25) is 0 Å². The molecule has 30 heavy (non-hydrogen) atoms. The van der Waals surface area contributed by atoms with Gasteiger partial charge in [0.25, 0.3) is 11.8 Å². The molecule has 5 rings (SSSR count). The Morgan fingerprint density at radius 2 is 2.03 bits per heavy atom. The summed E-state index contributed by atoms with van der Waals surface area (Å²) in [5, 5.41) is 10.1. The summed E-state index contributed by atoms with van der Waals surface area (Å²) in [5.74, 6) is -0.479. The number of rotatable bonds is 0. The summed E-state index contributed by atoms with van der Waals surface area (Å²) in [7, 11) is 0. The van der Waals surface area contributed by atoms with E-state index in [0.717, 1.165) is 11.4 Å². The van der Waals surface area contributed by atoms with Crippen molar-refractivity contribution >= 4 is 29.2 Å². The van der Waals surface area contributed by atoms with Crippen LogP contribution in [0, 0.1) is 6.92 Å². The number of anilines is 1. The van der Waals surface area contributed by atoms with E-state index in [0.29, 0.717) is 60.2 Å². The van der Waals surface area contributed by atoms with Crippen LogP contribution in [-0.2, 0) is 16.1 Å². The first-order chi connectivity index (χ1) is 14.6. The summed E-state index contributed by atoms with van der Waals surface area (Å²) in [6.07, 6.45) is 3.40. The number of carbonyl (C=O) groups excluding carboxylic acids is 2. The van der Waals surface area contributed by atoms with E-state index >= 15 is 0 Å². The lowest BCUT2D eigenvalue weighted by molar-refractivity contribution is -0.110. The third kappa shape index (κ3) is 3.18. The molecule has 3 aromatic rings. The topological polar surface area (TPSA) is 114 Å². The maximum atomic E-state index is 12.7. The molecule has 0 spiro atoms. The number of carbonyl (C=O) groups is 2. The molecular formula is C21H20N6O3. The fourth-order valence-corrected chi connectivity index (χ4v) is 3.71. The van der Waals surface area contributed by atoms with Crippen molar-refractivity contribution in [2.75, 3.05) is 25.1 Å². The van der Waals surface area contributed by atoms with Crippen molar-refractivity contribution in [3.63, 3.8) is 0 Å². The molecule has 3 N–H and O–H groups in total. The number of hydrogen-bond acceptors (Lipinski definition) is 5. The summed E-state index contributed by atoms with van der Waals surface area (Å²) >= 11 is 0. The van der Waals surface area contributed by atoms with Crippen LogP contribution in [-0.4, -0.2) is 51.3 Å². The van der Waals surface area contributed by atoms with Gasteiger partial charge in [-0.05, 0) is 37.3 Å². The fourth-order valence-electron chi connectivity index (χ4n) is 3.71. The zero-order valence-corrected chi connectivity index (χ0v) is 16.4. The second-order valence-electron chi connectivity index (χ2n) is 7.19. The molecule has 2 aliphatic heterocycles. The van der Waals surface area contributed by atoms with E-state index < -0.39 is 0 Å². The number of aromatic amines is 1. The Balaban J connectivity index is 1.66. The van der Waals surface area contributed by atoms with E-state index in [-0.39, 0.29) is 11.8 Å². The Morgan fingerprint density at radius 3 is 2.93 bits per heavy atom. The van der Waals surface area contributed by atoms with Gasteiger partial charge in [-0.15, -0.1) is 0 Å². The highest BCUT2D eigenvalue weighted by Crippen LogP contribution is 2.34. The average Bonchev–Trinajstić information content (AvgIpc) is 3.41. The Labute approximate surface area is 172 Å². The minimum atomic E-state index is -0.253. The van der Waals surface area contributed by atoms with Crippen LogP contribution >= 0.6 is 0 Å². The van der Waals surface area contributed by atoms with Gasteiger partial charge in [0.2, 0.25) is 0 Å². The van der Waals surface area contributed by atoms with Crippen LogP contribution in [0.5, 0.6) is 0 Å². The molecule has 0 radical (unpaired) electrons. The smallest absolute Gasteiger partial charge is 0.258 e. The molecule has 9 nitrogen and oxygen atoms in total. The van der Waals surface area contributed by atoms with Crippen molar-refractivity contribution < 1.29 is 14.3 Å². The zero-order valence-electron chi connectivity index (χ0n) is 16.4. The molecule has 0 atom stereocenters. The van der Waals surface area contributed by atoms with Crippen molar-refractivity contribution in [2.45, 2.75) is 13.5 Å². The zero-order chi connectivity index (χ0) is 20.7. The van der Waals surface area contributed by atoms with Gasteiger partial charge in [0.1, 0.15) is 5.69 Å². The van der Waals surface area contributed by atoms with Crippen LogP contribution < -0.4 is 10.6 Å². The molecule has 2 bridgehead atoms. The molecule has 0 aromatic carbocycles. The largest absolute Gasteiger partial charge is 0.378 e. The predicted octanol–water partition coefficient (Wildman–Crippen LogP) is 1.83. The monoisotopic (exact) mass is 404 g/mol. The first-order valence-corrected chi connectivity index (χ1v) is 9.72. The molecule has 0 saturated carbocycles. The molecule has 9 heteroatoms. The molecule has 0 aliphatic carbocycles. The first-order valence-electron chi connectivity index (χ1n) is 9.72. The average molecular weight is 404 g/mol. The molecule has 152 valence electrons. The van der Waals surface area contributed by atoms with Gasteiger partial charge in [-0.1, -0.05) is 0 Å². The Hall–Kier alpha value is -3.72. The number of aromatic nitrogens is 4. The third-order valence-electron chi connectivity index (χ3n) is 5.12. The maximum Gasteiger partial charge on any atom is 0.258 e. The SMILES string of the molecule is Cc1cc2c([nH]1)/C=C1\C(=O)Nc3ccc(nc31)-c1ccnn1CCOCCNC2=O. The molecule has 3 aromatic heterocycles. The number of H-pyrrole nitrogens is 1. The van der Waals surface area contributed by atoms with Gasteiger partial charge in [0, 0.05) is 18.4 Å². The minimum Gasteiger partial charge on any atom is -0.378 e. The minimum absolute atomic E-state index is 0.225. The fraction of sp³-hybridized carbons (Fsp3) is 0.238. The van der Waals surface area contributed by atoms with Crippen LogP contribution in [0.3, 0.4) is 0 Å². The Morgan fingerprint density at radius 1 is 1.13 bits per heavy atom. The van der Waals surface area contributed by atoms with Crippen molar-refractivity contribution in [2.24, 2.45) is 0 Å². The summed E-state index contributed by atoms with van der Waals surface area (Å²) in [6.45, 7) is 3.65. The molecule has 0 saturated heterocycles. The van der Waals surface area contributed by atoms with E-state index in [1.807, 2.05) is 29.8 Å². The highest BCUT2D eigenvalue weighted by molar-refractivity contribution is 6.34. The lowest BCUT2D eigenvalue weighted by Crippen LogP contribution is -2.28. The van der Waals surface area contributed by atoms with Gasteiger partial charge in [-0.25, -0.2) is 4.98 Å². The van der Waals surface area contributed by atoms with Crippen molar-refractivity contribution in [3.05, 3.63) is 53.1 Å². The normalized spacial score (nSPS) is 18.1. The molecule has 2 aliphatic rings. The number of nitrogens with zero attached hydrogens (tertiary/aromatic N) is 3. The van der Waals surface area contributed by atoms with E-state index in [1.165, 1.54) is 0 Å². The maximum absolute atomic E-state index is 12.7. The number of hydrogen-bond donors (Lipinski definition) is 3. The van der Waals surface area contributed by atoms with Gasteiger partial charge < -0.3 is 20.4 Å². The molecule has 2 amide bonds. The number of aryl methyl sites for hydroxylation is 1. The van der Waals surface area contributed by atoms with E-state index in [9.17, 15) is 9.59 Å². The van der Waals surface area contributed by atoms with Crippen molar-refractivity contribution in [1.29, 1.82) is 0 Å². The number of pyridine rings is 1. The van der Waals surface area contributed by atoms with Crippen LogP contribution in [0.1, 0.15) is 27.4 Å². The Bertz CT molecular complexity index is 1190. The second-order valence-corrected chi connectivity index (χ2v) is 7.19. The number of fused-ring (bicyclic) bond motifs is 4. The summed E-state index contributed by atoms with van der Waals surface area (Å²) in [5.41, 5.74) is 5.01. The first kappa shape index (κ1) is 18.3. The highest BCUT2D eigenvalue weighted by Gasteiger charge is 2.28. The van der Waals surface area contributed by atoms with Gasteiger partial charge >= 0.3 is 0 Å². The van der Waals surface area contributed by atoms with E-state index in [4.69, 9.17) is 9.72 Å². The molecule has 0 fully saturated rings. The van der Waals surface area contributed by atoms with Gasteiger partial charge in [0.15, 0.2) is 0 Å². The quantitative estimate of drug-likeness (QED) is 0.529. The van der Waals surface area contributed by atoms with Crippen LogP contribution in [0.4, 0.5) is 5.69 Å². The number of ether oxygens (including phenoxy) is 1. The second kappa shape index (κ2) is 7.27. The Kier molecular flexibility index (Phi) is 4.44. The lowest BCUT2D eigenvalue weighted by Gasteiger charge is -2.10. The van der Waals surface area contributed by atoms with Gasteiger partial charge in [-0.3, -0.25) is 14.3 Å². The van der Waals surface area contributed by atoms with Gasteiger partial charge in [0.05, 0.1) is 53.7 Å². The standard InChI is InChI=1S/C21H20N6O3/c1-12-10-13-17(24-12)11-14-19-16(26-21(14)29)3-2-15(25-19)18-4-5-23-27(18)7-9-30-8-6-22-20(13)28/h2-5,10-11,24H,6-9H2,1H3,(H,22,28)(H,26,29)/b14-11-.